The molecule has 0 spiro atoms. The first-order chi connectivity index (χ1) is 11.8. The van der Waals surface area contributed by atoms with Gasteiger partial charge in [-0.2, -0.15) is 0 Å². The summed E-state index contributed by atoms with van der Waals surface area (Å²) in [5, 5.41) is 7.64. The number of rotatable bonds is 10. The van der Waals surface area contributed by atoms with Crippen LogP contribution in [0.3, 0.4) is 0 Å². The van der Waals surface area contributed by atoms with Gasteiger partial charge in [-0.1, -0.05) is 0 Å². The molecule has 25 heavy (non-hydrogen) atoms. The van der Waals surface area contributed by atoms with E-state index in [9.17, 15) is 8.42 Å². The standard InChI is InChI=1S/C16H31N5O2S2/c1-6-17-16(18-10-8-12-21(5)25(22,23)7-2)19-11-9-15-20-13(3)14(4)24-15/h6-12H2,1-5H3,(H2,17,18,19). The molecule has 1 rings (SSSR count). The number of hydrogen-bond acceptors (Lipinski definition) is 5. The van der Waals surface area contributed by atoms with Crippen LogP contribution in [0.4, 0.5) is 0 Å². The van der Waals surface area contributed by atoms with Crippen molar-refractivity contribution in [3.05, 3.63) is 15.6 Å². The van der Waals surface area contributed by atoms with Crippen LogP contribution in [-0.2, 0) is 16.4 Å². The quantitative estimate of drug-likeness (QED) is 0.360. The summed E-state index contributed by atoms with van der Waals surface area (Å²) in [6, 6.07) is 0. The average Bonchev–Trinajstić information content (AvgIpc) is 2.89. The van der Waals surface area contributed by atoms with Crippen molar-refractivity contribution in [2.45, 2.75) is 40.5 Å². The highest BCUT2D eigenvalue weighted by molar-refractivity contribution is 7.89. The summed E-state index contributed by atoms with van der Waals surface area (Å²) in [6.07, 6.45) is 1.55. The van der Waals surface area contributed by atoms with Gasteiger partial charge in [-0.05, 0) is 34.1 Å². The van der Waals surface area contributed by atoms with E-state index in [0.717, 1.165) is 36.2 Å². The Morgan fingerprint density at radius 2 is 2.00 bits per heavy atom. The van der Waals surface area contributed by atoms with E-state index in [1.54, 1.807) is 25.3 Å². The summed E-state index contributed by atoms with van der Waals surface area (Å²) in [7, 11) is -1.49. The second-order valence-corrected chi connectivity index (χ2v) is 9.41. The Kier molecular flexibility index (Phi) is 9.37. The number of sulfonamides is 1. The normalized spacial score (nSPS) is 12.6. The van der Waals surface area contributed by atoms with E-state index in [-0.39, 0.29) is 5.75 Å². The van der Waals surface area contributed by atoms with Crippen molar-refractivity contribution in [1.29, 1.82) is 0 Å². The fourth-order valence-electron chi connectivity index (χ4n) is 2.12. The first-order valence-electron chi connectivity index (χ1n) is 8.69. The lowest BCUT2D eigenvalue weighted by Crippen LogP contribution is -2.38. The molecule has 9 heteroatoms. The Hall–Kier alpha value is -1.19. The van der Waals surface area contributed by atoms with E-state index >= 15 is 0 Å². The molecule has 1 aromatic rings. The molecule has 2 N–H and O–H groups in total. The summed E-state index contributed by atoms with van der Waals surface area (Å²) in [6.45, 7) is 10.4. The smallest absolute Gasteiger partial charge is 0.213 e. The molecule has 7 nitrogen and oxygen atoms in total. The van der Waals surface area contributed by atoms with Gasteiger partial charge >= 0.3 is 0 Å². The van der Waals surface area contributed by atoms with Gasteiger partial charge in [0.25, 0.3) is 0 Å². The van der Waals surface area contributed by atoms with Gasteiger partial charge in [0.05, 0.1) is 16.5 Å². The van der Waals surface area contributed by atoms with Crippen LogP contribution in [-0.4, -0.2) is 62.6 Å². The fourth-order valence-corrected chi connectivity index (χ4v) is 3.90. The van der Waals surface area contributed by atoms with Gasteiger partial charge < -0.3 is 10.6 Å². The zero-order valence-corrected chi connectivity index (χ0v) is 17.6. The van der Waals surface area contributed by atoms with E-state index in [1.165, 1.54) is 9.18 Å². The van der Waals surface area contributed by atoms with Crippen LogP contribution in [0.2, 0.25) is 0 Å². The summed E-state index contributed by atoms with van der Waals surface area (Å²) < 4.78 is 24.8. The summed E-state index contributed by atoms with van der Waals surface area (Å²) in [4.78, 5) is 10.3. The monoisotopic (exact) mass is 389 g/mol. The molecule has 0 bridgehead atoms. The molecule has 0 unspecified atom stereocenters. The van der Waals surface area contributed by atoms with Crippen LogP contribution in [0.1, 0.15) is 35.8 Å². The maximum absolute atomic E-state index is 11.7. The molecule has 1 heterocycles. The average molecular weight is 390 g/mol. The van der Waals surface area contributed by atoms with E-state index in [4.69, 9.17) is 0 Å². The Balaban J connectivity index is 2.40. The third-order valence-electron chi connectivity index (χ3n) is 3.79. The third-order valence-corrected chi connectivity index (χ3v) is 6.78. The van der Waals surface area contributed by atoms with Crippen molar-refractivity contribution in [3.8, 4) is 0 Å². The lowest BCUT2D eigenvalue weighted by Gasteiger charge is -2.15. The van der Waals surface area contributed by atoms with Gasteiger partial charge in [-0.25, -0.2) is 17.7 Å². The highest BCUT2D eigenvalue weighted by atomic mass is 32.2. The number of nitrogens with one attached hydrogen (secondary N) is 2. The van der Waals surface area contributed by atoms with Crippen molar-refractivity contribution in [1.82, 2.24) is 19.9 Å². The lowest BCUT2D eigenvalue weighted by molar-refractivity contribution is 0.465. The molecule has 0 aliphatic heterocycles. The molecule has 144 valence electrons. The number of nitrogens with zero attached hydrogens (tertiary/aromatic N) is 3. The van der Waals surface area contributed by atoms with Gasteiger partial charge in [0, 0.05) is 44.5 Å². The van der Waals surface area contributed by atoms with Crippen molar-refractivity contribution in [2.24, 2.45) is 4.99 Å². The molecule has 0 aromatic carbocycles. The second kappa shape index (κ2) is 10.7. The van der Waals surface area contributed by atoms with Crippen molar-refractivity contribution < 1.29 is 8.42 Å². The zero-order valence-electron chi connectivity index (χ0n) is 15.9. The lowest BCUT2D eigenvalue weighted by atomic mass is 10.4. The molecule has 0 saturated carbocycles. The summed E-state index contributed by atoms with van der Waals surface area (Å²) >= 11 is 1.73. The maximum atomic E-state index is 11.7. The van der Waals surface area contributed by atoms with Gasteiger partial charge in [0.1, 0.15) is 0 Å². The van der Waals surface area contributed by atoms with Gasteiger partial charge in [0.15, 0.2) is 5.96 Å². The SMILES string of the molecule is CCNC(=NCCCN(C)S(=O)(=O)CC)NCCc1nc(C)c(C)s1. The fraction of sp³-hybridized carbons (Fsp3) is 0.750. The first kappa shape index (κ1) is 21.9. The molecule has 0 radical (unpaired) electrons. The molecule has 0 saturated heterocycles. The van der Waals surface area contributed by atoms with Crippen molar-refractivity contribution >= 4 is 27.3 Å². The van der Waals surface area contributed by atoms with Crippen LogP contribution < -0.4 is 10.6 Å². The Morgan fingerprint density at radius 1 is 1.28 bits per heavy atom. The molecule has 1 aromatic heterocycles. The molecule has 0 aliphatic carbocycles. The maximum Gasteiger partial charge on any atom is 0.213 e. The van der Waals surface area contributed by atoms with E-state index in [0.29, 0.717) is 19.5 Å². The predicted octanol–water partition coefficient (Wildman–Crippen LogP) is 1.53. The number of hydrogen-bond donors (Lipinski definition) is 2. The Labute approximate surface area is 156 Å². The number of aromatic nitrogens is 1. The number of aliphatic imine (C=N–C) groups is 1. The Morgan fingerprint density at radius 3 is 2.56 bits per heavy atom. The number of guanidine groups is 1. The third kappa shape index (κ3) is 7.70. The van der Waals surface area contributed by atoms with Gasteiger partial charge in [0.2, 0.25) is 10.0 Å². The highest BCUT2D eigenvalue weighted by Gasteiger charge is 2.13. The molecule has 0 fully saturated rings. The minimum atomic E-state index is -3.11. The van der Waals surface area contributed by atoms with Crippen LogP contribution in [0.25, 0.3) is 0 Å². The van der Waals surface area contributed by atoms with Crippen LogP contribution >= 0.6 is 11.3 Å². The molecule has 0 atom stereocenters. The molecular formula is C16H31N5O2S2. The number of thiazole rings is 1. The van der Waals surface area contributed by atoms with E-state index in [1.807, 2.05) is 13.8 Å². The van der Waals surface area contributed by atoms with Gasteiger partial charge in [-0.3, -0.25) is 4.99 Å². The largest absolute Gasteiger partial charge is 0.357 e. The van der Waals surface area contributed by atoms with Crippen LogP contribution in [0, 0.1) is 13.8 Å². The molecule has 0 aliphatic rings. The molecular weight excluding hydrogens is 358 g/mol. The van der Waals surface area contributed by atoms with Gasteiger partial charge in [-0.15, -0.1) is 11.3 Å². The topological polar surface area (TPSA) is 86.7 Å². The van der Waals surface area contributed by atoms with Crippen LogP contribution in [0.5, 0.6) is 0 Å². The summed E-state index contributed by atoms with van der Waals surface area (Å²) in [5.41, 5.74) is 1.10. The predicted molar refractivity (Wildman–Crippen MR) is 106 cm³/mol. The Bertz CT molecular complexity index is 636. The van der Waals surface area contributed by atoms with E-state index < -0.39 is 10.0 Å². The van der Waals surface area contributed by atoms with Crippen molar-refractivity contribution in [3.63, 3.8) is 0 Å². The number of aryl methyl sites for hydroxylation is 2. The molecule has 0 amide bonds. The van der Waals surface area contributed by atoms with E-state index in [2.05, 4.69) is 27.5 Å². The zero-order chi connectivity index (χ0) is 18.9. The first-order valence-corrected chi connectivity index (χ1v) is 11.1. The minimum absolute atomic E-state index is 0.132. The minimum Gasteiger partial charge on any atom is -0.357 e. The second-order valence-electron chi connectivity index (χ2n) is 5.76. The summed E-state index contributed by atoms with van der Waals surface area (Å²) in [5.74, 6) is 0.889. The highest BCUT2D eigenvalue weighted by Crippen LogP contribution is 2.16. The van der Waals surface area contributed by atoms with Crippen molar-refractivity contribution in [2.75, 3.05) is 39.0 Å². The van der Waals surface area contributed by atoms with Crippen LogP contribution in [0.15, 0.2) is 4.99 Å².